The van der Waals surface area contributed by atoms with Crippen molar-refractivity contribution in [2.75, 3.05) is 13.7 Å². The molecule has 5 heteroatoms. The Bertz CT molecular complexity index is 380. The number of hydrogen-bond acceptors (Lipinski definition) is 3. The SMILES string of the molecule is COc1cc(CO)cc(Br)c1OC/C=C/Cl. The topological polar surface area (TPSA) is 38.7 Å². The van der Waals surface area contributed by atoms with E-state index in [-0.39, 0.29) is 6.61 Å². The van der Waals surface area contributed by atoms with Crippen molar-refractivity contribution >= 4 is 27.5 Å². The molecule has 0 amide bonds. The van der Waals surface area contributed by atoms with Gasteiger partial charge in [-0.3, -0.25) is 0 Å². The first-order valence-electron chi connectivity index (χ1n) is 4.58. The van der Waals surface area contributed by atoms with Gasteiger partial charge in [0.1, 0.15) is 6.61 Å². The van der Waals surface area contributed by atoms with Gasteiger partial charge >= 0.3 is 0 Å². The van der Waals surface area contributed by atoms with Crippen LogP contribution in [0.5, 0.6) is 11.5 Å². The molecule has 16 heavy (non-hydrogen) atoms. The second-order valence-corrected chi connectivity index (χ2v) is 4.05. The predicted octanol–water partition coefficient (Wildman–Crippen LogP) is 3.08. The van der Waals surface area contributed by atoms with E-state index in [0.29, 0.717) is 18.1 Å². The van der Waals surface area contributed by atoms with E-state index in [1.807, 2.05) is 0 Å². The normalized spacial score (nSPS) is 10.8. The van der Waals surface area contributed by atoms with Crippen molar-refractivity contribution in [3.8, 4) is 11.5 Å². The lowest BCUT2D eigenvalue weighted by Crippen LogP contribution is -1.98. The van der Waals surface area contributed by atoms with Gasteiger partial charge in [-0.05, 0) is 39.7 Å². The average Bonchev–Trinajstić information content (AvgIpc) is 2.30. The lowest BCUT2D eigenvalue weighted by molar-refractivity contribution is 0.279. The number of rotatable bonds is 5. The van der Waals surface area contributed by atoms with E-state index in [0.717, 1.165) is 10.0 Å². The van der Waals surface area contributed by atoms with Crippen LogP contribution in [0, 0.1) is 0 Å². The first-order valence-corrected chi connectivity index (χ1v) is 5.81. The molecule has 0 saturated heterocycles. The molecule has 0 radical (unpaired) electrons. The van der Waals surface area contributed by atoms with Crippen LogP contribution in [-0.4, -0.2) is 18.8 Å². The Labute approximate surface area is 108 Å². The Morgan fingerprint density at radius 2 is 2.25 bits per heavy atom. The fourth-order valence-electron chi connectivity index (χ4n) is 1.17. The van der Waals surface area contributed by atoms with Gasteiger partial charge in [0.2, 0.25) is 0 Å². The Hall–Kier alpha value is -0.710. The maximum atomic E-state index is 9.04. The summed E-state index contributed by atoms with van der Waals surface area (Å²) < 4.78 is 11.4. The molecule has 0 fully saturated rings. The second kappa shape index (κ2) is 6.78. The van der Waals surface area contributed by atoms with Crippen molar-refractivity contribution < 1.29 is 14.6 Å². The number of methoxy groups -OCH3 is 1. The number of aliphatic hydroxyl groups excluding tert-OH is 1. The molecule has 1 aromatic rings. The van der Waals surface area contributed by atoms with Gasteiger partial charge in [0.25, 0.3) is 0 Å². The van der Waals surface area contributed by atoms with Crippen LogP contribution in [0.3, 0.4) is 0 Å². The molecule has 0 unspecified atom stereocenters. The van der Waals surface area contributed by atoms with Crippen molar-refractivity contribution in [1.82, 2.24) is 0 Å². The van der Waals surface area contributed by atoms with Gasteiger partial charge in [0.05, 0.1) is 18.2 Å². The lowest BCUT2D eigenvalue weighted by atomic mass is 10.2. The molecule has 0 aliphatic heterocycles. The standard InChI is InChI=1S/C11H12BrClO3/c1-15-10-6-8(7-14)5-9(12)11(10)16-4-2-3-13/h2-3,5-6,14H,4,7H2,1H3/b3-2+. The van der Waals surface area contributed by atoms with Crippen molar-refractivity contribution in [2.45, 2.75) is 6.61 Å². The van der Waals surface area contributed by atoms with Crippen molar-refractivity contribution in [3.05, 3.63) is 33.8 Å². The highest BCUT2D eigenvalue weighted by atomic mass is 79.9. The van der Waals surface area contributed by atoms with E-state index in [2.05, 4.69) is 15.9 Å². The summed E-state index contributed by atoms with van der Waals surface area (Å²) >= 11 is 8.75. The van der Waals surface area contributed by atoms with Crippen LogP contribution in [0.25, 0.3) is 0 Å². The number of benzene rings is 1. The summed E-state index contributed by atoms with van der Waals surface area (Å²) in [5.74, 6) is 1.16. The van der Waals surface area contributed by atoms with Crippen LogP contribution in [0.2, 0.25) is 0 Å². The minimum Gasteiger partial charge on any atom is -0.493 e. The van der Waals surface area contributed by atoms with Crippen molar-refractivity contribution in [1.29, 1.82) is 0 Å². The average molecular weight is 308 g/mol. The summed E-state index contributed by atoms with van der Waals surface area (Å²) in [4.78, 5) is 0. The number of ether oxygens (including phenoxy) is 2. The van der Waals surface area contributed by atoms with Gasteiger partial charge < -0.3 is 14.6 Å². The number of aliphatic hydroxyl groups is 1. The van der Waals surface area contributed by atoms with Crippen LogP contribution >= 0.6 is 27.5 Å². The molecule has 0 aliphatic rings. The highest BCUT2D eigenvalue weighted by molar-refractivity contribution is 9.10. The first-order chi connectivity index (χ1) is 7.72. The summed E-state index contributed by atoms with van der Waals surface area (Å²) in [6, 6.07) is 3.51. The van der Waals surface area contributed by atoms with E-state index in [1.54, 1.807) is 25.3 Å². The molecule has 0 atom stereocenters. The second-order valence-electron chi connectivity index (χ2n) is 2.94. The van der Waals surface area contributed by atoms with E-state index in [4.69, 9.17) is 26.2 Å². The zero-order chi connectivity index (χ0) is 12.0. The van der Waals surface area contributed by atoms with E-state index < -0.39 is 0 Å². The van der Waals surface area contributed by atoms with Gasteiger partial charge in [-0.25, -0.2) is 0 Å². The largest absolute Gasteiger partial charge is 0.493 e. The minimum atomic E-state index is -0.0448. The van der Waals surface area contributed by atoms with Crippen LogP contribution in [0.1, 0.15) is 5.56 Å². The summed E-state index contributed by atoms with van der Waals surface area (Å²) in [7, 11) is 1.55. The van der Waals surface area contributed by atoms with Gasteiger partial charge in [-0.15, -0.1) is 0 Å². The number of hydrogen-bond donors (Lipinski definition) is 1. The molecule has 1 rings (SSSR count). The predicted molar refractivity (Wildman–Crippen MR) is 67.1 cm³/mol. The molecule has 0 heterocycles. The third kappa shape index (κ3) is 3.40. The molecule has 0 aromatic heterocycles. The lowest BCUT2D eigenvalue weighted by Gasteiger charge is -2.12. The van der Waals surface area contributed by atoms with E-state index in [9.17, 15) is 0 Å². The zero-order valence-corrected chi connectivity index (χ0v) is 11.1. The van der Waals surface area contributed by atoms with E-state index >= 15 is 0 Å². The maximum absolute atomic E-state index is 9.04. The number of halogens is 2. The van der Waals surface area contributed by atoms with Gasteiger partial charge in [0.15, 0.2) is 11.5 Å². The Balaban J connectivity index is 2.96. The third-order valence-electron chi connectivity index (χ3n) is 1.88. The smallest absolute Gasteiger partial charge is 0.175 e. The van der Waals surface area contributed by atoms with Crippen molar-refractivity contribution in [2.24, 2.45) is 0 Å². The van der Waals surface area contributed by atoms with Gasteiger partial charge in [0, 0.05) is 5.54 Å². The zero-order valence-electron chi connectivity index (χ0n) is 8.74. The van der Waals surface area contributed by atoms with Crippen molar-refractivity contribution in [3.63, 3.8) is 0 Å². The molecule has 0 saturated carbocycles. The molecule has 0 bridgehead atoms. The third-order valence-corrected chi connectivity index (χ3v) is 2.65. The van der Waals surface area contributed by atoms with Gasteiger partial charge in [-0.1, -0.05) is 11.6 Å². The van der Waals surface area contributed by atoms with Crippen LogP contribution in [-0.2, 0) is 6.61 Å². The van der Waals surface area contributed by atoms with Crippen LogP contribution < -0.4 is 9.47 Å². The molecular formula is C11H12BrClO3. The molecule has 0 aliphatic carbocycles. The maximum Gasteiger partial charge on any atom is 0.175 e. The Morgan fingerprint density at radius 1 is 1.50 bits per heavy atom. The Kier molecular flexibility index (Phi) is 5.66. The quantitative estimate of drug-likeness (QED) is 0.908. The fourth-order valence-corrected chi connectivity index (χ4v) is 1.85. The molecule has 1 N–H and O–H groups in total. The highest BCUT2D eigenvalue weighted by Crippen LogP contribution is 2.36. The highest BCUT2D eigenvalue weighted by Gasteiger charge is 2.10. The summed E-state index contributed by atoms with van der Waals surface area (Å²) in [6.45, 7) is 0.313. The first kappa shape index (κ1) is 13.4. The molecule has 1 aromatic carbocycles. The van der Waals surface area contributed by atoms with Crippen LogP contribution in [0.4, 0.5) is 0 Å². The fraction of sp³-hybridized carbons (Fsp3) is 0.273. The summed E-state index contributed by atoms with van der Waals surface area (Å²) in [5, 5.41) is 9.04. The molecular weight excluding hydrogens is 295 g/mol. The monoisotopic (exact) mass is 306 g/mol. The molecule has 88 valence electrons. The van der Waals surface area contributed by atoms with E-state index in [1.165, 1.54) is 5.54 Å². The minimum absolute atomic E-state index is 0.0448. The van der Waals surface area contributed by atoms with Gasteiger partial charge in [-0.2, -0.15) is 0 Å². The summed E-state index contributed by atoms with van der Waals surface area (Å²) in [5.41, 5.74) is 2.15. The molecule has 0 spiro atoms. The summed E-state index contributed by atoms with van der Waals surface area (Å²) in [6.07, 6.45) is 1.67. The Morgan fingerprint density at radius 3 is 2.81 bits per heavy atom. The van der Waals surface area contributed by atoms with Crippen LogP contribution in [0.15, 0.2) is 28.2 Å². The molecule has 3 nitrogen and oxygen atoms in total.